The molecule has 0 unspecified atom stereocenters. The Balaban J connectivity index is 1.98. The third-order valence-corrected chi connectivity index (χ3v) is 2.77. The number of rotatable bonds is 4. The minimum Gasteiger partial charge on any atom is -0.382 e. The van der Waals surface area contributed by atoms with Crippen molar-refractivity contribution < 1.29 is 4.39 Å². The number of benzene rings is 1. The Labute approximate surface area is 106 Å². The molecule has 3 N–H and O–H groups in total. The van der Waals surface area contributed by atoms with E-state index < -0.39 is 0 Å². The summed E-state index contributed by atoms with van der Waals surface area (Å²) in [5.74, 6) is 0.332. The molecule has 2 aromatic rings. The number of hydrogen-bond acceptors (Lipinski definition) is 3. The number of aryl methyl sites for hydroxylation is 1. The number of aromatic nitrogens is 2. The van der Waals surface area contributed by atoms with Crippen molar-refractivity contribution in [1.82, 2.24) is 15.1 Å². The van der Waals surface area contributed by atoms with Gasteiger partial charge < -0.3 is 5.73 Å². The van der Waals surface area contributed by atoms with E-state index in [-0.39, 0.29) is 5.82 Å². The Morgan fingerprint density at radius 1 is 1.33 bits per heavy atom. The molecule has 4 nitrogen and oxygen atoms in total. The largest absolute Gasteiger partial charge is 0.382 e. The van der Waals surface area contributed by atoms with Crippen LogP contribution in [0, 0.1) is 12.7 Å². The van der Waals surface area contributed by atoms with Gasteiger partial charge in [0.1, 0.15) is 11.6 Å². The minimum absolute atomic E-state index is 0.164. The van der Waals surface area contributed by atoms with Gasteiger partial charge >= 0.3 is 0 Å². The fourth-order valence-electron chi connectivity index (χ4n) is 1.92. The van der Waals surface area contributed by atoms with Gasteiger partial charge in [-0.15, -0.1) is 0 Å². The van der Waals surface area contributed by atoms with Gasteiger partial charge in [0.2, 0.25) is 0 Å². The predicted octanol–water partition coefficient (Wildman–Crippen LogP) is 2.07. The van der Waals surface area contributed by atoms with Crippen molar-refractivity contribution in [3.8, 4) is 0 Å². The lowest BCUT2D eigenvalue weighted by molar-refractivity contribution is 0.314. The third-order valence-electron chi connectivity index (χ3n) is 2.77. The molecule has 0 saturated heterocycles. The summed E-state index contributed by atoms with van der Waals surface area (Å²) in [6, 6.07) is 6.99. The van der Waals surface area contributed by atoms with E-state index in [1.54, 1.807) is 13.0 Å². The molecule has 0 fully saturated rings. The molecule has 0 aliphatic rings. The van der Waals surface area contributed by atoms with E-state index >= 15 is 0 Å². The highest BCUT2D eigenvalue weighted by Crippen LogP contribution is 2.12. The Morgan fingerprint density at radius 2 is 2.11 bits per heavy atom. The van der Waals surface area contributed by atoms with Gasteiger partial charge in [0.05, 0.1) is 5.69 Å². The summed E-state index contributed by atoms with van der Waals surface area (Å²) in [4.78, 5) is 2.11. The van der Waals surface area contributed by atoms with E-state index in [1.165, 1.54) is 6.07 Å². The van der Waals surface area contributed by atoms with Crippen LogP contribution in [0.25, 0.3) is 0 Å². The summed E-state index contributed by atoms with van der Waals surface area (Å²) in [6.45, 7) is 3.25. The maximum atomic E-state index is 13.1. The maximum Gasteiger partial charge on any atom is 0.145 e. The molecule has 1 heterocycles. The third kappa shape index (κ3) is 3.07. The number of halogens is 1. The average molecular weight is 248 g/mol. The molecule has 0 radical (unpaired) electrons. The summed E-state index contributed by atoms with van der Waals surface area (Å²) >= 11 is 0. The first kappa shape index (κ1) is 12.6. The average Bonchev–Trinajstić information content (AvgIpc) is 2.69. The number of aromatic amines is 1. The quantitative estimate of drug-likeness (QED) is 0.870. The number of H-pyrrole nitrogens is 1. The lowest BCUT2D eigenvalue weighted by atomic mass is 10.1. The highest BCUT2D eigenvalue weighted by Gasteiger charge is 2.05. The summed E-state index contributed by atoms with van der Waals surface area (Å²) < 4.78 is 13.1. The van der Waals surface area contributed by atoms with Crippen LogP contribution in [-0.2, 0) is 13.1 Å². The van der Waals surface area contributed by atoms with Crippen molar-refractivity contribution in [3.05, 3.63) is 46.9 Å². The zero-order valence-electron chi connectivity index (χ0n) is 10.6. The summed E-state index contributed by atoms with van der Waals surface area (Å²) in [7, 11) is 2.00. The van der Waals surface area contributed by atoms with Crippen LogP contribution in [0.1, 0.15) is 16.8 Å². The predicted molar refractivity (Wildman–Crippen MR) is 69.3 cm³/mol. The van der Waals surface area contributed by atoms with Gasteiger partial charge in [-0.2, -0.15) is 5.10 Å². The molecule has 1 aromatic carbocycles. The zero-order valence-corrected chi connectivity index (χ0v) is 10.6. The fraction of sp³-hybridized carbons (Fsp3) is 0.308. The SMILES string of the molecule is Cc1cc(CN(C)Cc2cc(N)n[nH]2)ccc1F. The van der Waals surface area contributed by atoms with Gasteiger partial charge in [-0.05, 0) is 31.2 Å². The molecule has 0 aliphatic carbocycles. The van der Waals surface area contributed by atoms with Gasteiger partial charge in [0.25, 0.3) is 0 Å². The number of nitrogens with one attached hydrogen (secondary N) is 1. The van der Waals surface area contributed by atoms with Crippen LogP contribution >= 0.6 is 0 Å². The number of nitrogen functional groups attached to an aromatic ring is 1. The fourth-order valence-corrected chi connectivity index (χ4v) is 1.92. The molecule has 5 heteroatoms. The van der Waals surface area contributed by atoms with Crippen LogP contribution in [-0.4, -0.2) is 22.1 Å². The van der Waals surface area contributed by atoms with Crippen molar-refractivity contribution in [2.75, 3.05) is 12.8 Å². The van der Waals surface area contributed by atoms with Gasteiger partial charge in [0, 0.05) is 19.2 Å². The highest BCUT2D eigenvalue weighted by atomic mass is 19.1. The number of nitrogens with two attached hydrogens (primary N) is 1. The summed E-state index contributed by atoms with van der Waals surface area (Å²) in [5, 5.41) is 6.74. The molecule has 2 rings (SSSR count). The number of nitrogens with zero attached hydrogens (tertiary/aromatic N) is 2. The van der Waals surface area contributed by atoms with Crippen molar-refractivity contribution in [1.29, 1.82) is 0 Å². The first-order valence-corrected chi connectivity index (χ1v) is 5.78. The lowest BCUT2D eigenvalue weighted by Gasteiger charge is -2.15. The summed E-state index contributed by atoms with van der Waals surface area (Å²) in [5.41, 5.74) is 8.27. The molecule has 18 heavy (non-hydrogen) atoms. The van der Waals surface area contributed by atoms with E-state index in [0.29, 0.717) is 11.4 Å². The molecule has 96 valence electrons. The Hall–Kier alpha value is -1.88. The summed E-state index contributed by atoms with van der Waals surface area (Å²) in [6.07, 6.45) is 0. The standard InChI is InChI=1S/C13H17FN4/c1-9-5-10(3-4-12(9)14)7-18(2)8-11-6-13(15)17-16-11/h3-6H,7-8H2,1-2H3,(H3,15,16,17). The van der Waals surface area contributed by atoms with Crippen molar-refractivity contribution in [3.63, 3.8) is 0 Å². The van der Waals surface area contributed by atoms with Crippen LogP contribution in [0.5, 0.6) is 0 Å². The van der Waals surface area contributed by atoms with Crippen LogP contribution in [0.3, 0.4) is 0 Å². The van der Waals surface area contributed by atoms with E-state index in [2.05, 4.69) is 15.1 Å². The molecule has 0 spiro atoms. The Kier molecular flexibility index (Phi) is 3.62. The molecule has 0 bridgehead atoms. The Morgan fingerprint density at radius 3 is 2.72 bits per heavy atom. The molecule has 1 aromatic heterocycles. The van der Waals surface area contributed by atoms with E-state index in [4.69, 9.17) is 5.73 Å². The normalized spacial score (nSPS) is 11.1. The minimum atomic E-state index is -0.164. The zero-order chi connectivity index (χ0) is 13.1. The Bertz CT molecular complexity index is 536. The van der Waals surface area contributed by atoms with Gasteiger partial charge in [-0.1, -0.05) is 12.1 Å². The van der Waals surface area contributed by atoms with Crippen LogP contribution < -0.4 is 5.73 Å². The lowest BCUT2D eigenvalue weighted by Crippen LogP contribution is -2.17. The van der Waals surface area contributed by atoms with Gasteiger partial charge in [0.15, 0.2) is 0 Å². The van der Waals surface area contributed by atoms with Crippen LogP contribution in [0.15, 0.2) is 24.3 Å². The topological polar surface area (TPSA) is 57.9 Å². The molecular weight excluding hydrogens is 231 g/mol. The van der Waals surface area contributed by atoms with Crippen molar-refractivity contribution in [2.24, 2.45) is 0 Å². The van der Waals surface area contributed by atoms with Crippen molar-refractivity contribution in [2.45, 2.75) is 20.0 Å². The second kappa shape index (κ2) is 5.18. The highest BCUT2D eigenvalue weighted by molar-refractivity contribution is 5.28. The van der Waals surface area contributed by atoms with Crippen LogP contribution in [0.2, 0.25) is 0 Å². The first-order valence-electron chi connectivity index (χ1n) is 5.78. The van der Waals surface area contributed by atoms with E-state index in [0.717, 1.165) is 24.3 Å². The molecule has 0 atom stereocenters. The van der Waals surface area contributed by atoms with E-state index in [1.807, 2.05) is 19.2 Å². The van der Waals surface area contributed by atoms with Crippen molar-refractivity contribution >= 4 is 5.82 Å². The number of anilines is 1. The monoisotopic (exact) mass is 248 g/mol. The molecule has 0 amide bonds. The van der Waals surface area contributed by atoms with Crippen LogP contribution in [0.4, 0.5) is 10.2 Å². The van der Waals surface area contributed by atoms with E-state index in [9.17, 15) is 4.39 Å². The molecular formula is C13H17FN4. The molecule has 0 saturated carbocycles. The second-order valence-corrected chi connectivity index (χ2v) is 4.57. The smallest absolute Gasteiger partial charge is 0.145 e. The number of hydrogen-bond donors (Lipinski definition) is 2. The van der Waals surface area contributed by atoms with Gasteiger partial charge in [-0.3, -0.25) is 10.00 Å². The van der Waals surface area contributed by atoms with Gasteiger partial charge in [-0.25, -0.2) is 4.39 Å². The molecule has 0 aliphatic heterocycles. The second-order valence-electron chi connectivity index (χ2n) is 4.57. The maximum absolute atomic E-state index is 13.1. The first-order chi connectivity index (χ1) is 8.54.